The fourth-order valence-electron chi connectivity index (χ4n) is 2.61. The third-order valence-electron chi connectivity index (χ3n) is 3.74. The lowest BCUT2D eigenvalue weighted by atomic mass is 10.0. The predicted molar refractivity (Wildman–Crippen MR) is 72.4 cm³/mol. The molecule has 2 heterocycles. The molecule has 0 saturated carbocycles. The average molecular weight is 285 g/mol. The van der Waals surface area contributed by atoms with E-state index in [-0.39, 0.29) is 18.5 Å². The van der Waals surface area contributed by atoms with Crippen LogP contribution in [0.3, 0.4) is 0 Å². The molecule has 20 heavy (non-hydrogen) atoms. The van der Waals surface area contributed by atoms with Crippen LogP contribution in [0.4, 0.5) is 4.79 Å². The number of methoxy groups -OCH3 is 1. The second kappa shape index (κ2) is 6.51. The zero-order chi connectivity index (χ0) is 14.6. The van der Waals surface area contributed by atoms with E-state index in [9.17, 15) is 9.59 Å². The van der Waals surface area contributed by atoms with E-state index in [0.29, 0.717) is 6.54 Å². The van der Waals surface area contributed by atoms with Crippen LogP contribution in [0, 0.1) is 0 Å². The van der Waals surface area contributed by atoms with Gasteiger partial charge >= 0.3 is 6.03 Å². The lowest BCUT2D eigenvalue weighted by Crippen LogP contribution is -2.48. The Morgan fingerprint density at radius 2 is 2.00 bits per heavy atom. The second-order valence-corrected chi connectivity index (χ2v) is 5.46. The first-order valence-electron chi connectivity index (χ1n) is 7.00. The fraction of sp³-hybridized carbons (Fsp3) is 0.846. The number of hydrogen-bond acceptors (Lipinski definition) is 5. The number of rotatable bonds is 6. The molecule has 0 aromatic heterocycles. The summed E-state index contributed by atoms with van der Waals surface area (Å²) in [6.45, 7) is 6.56. The number of nitrogens with one attached hydrogen (secondary N) is 1. The van der Waals surface area contributed by atoms with Gasteiger partial charge in [-0.15, -0.1) is 0 Å². The van der Waals surface area contributed by atoms with Gasteiger partial charge in [0, 0.05) is 33.3 Å². The monoisotopic (exact) mass is 285 g/mol. The molecule has 0 bridgehead atoms. The Balaban J connectivity index is 1.80. The molecule has 1 N–H and O–H groups in total. The topological polar surface area (TPSA) is 71.1 Å². The van der Waals surface area contributed by atoms with E-state index in [1.807, 2.05) is 0 Å². The molecule has 2 aliphatic heterocycles. The molecule has 2 aliphatic rings. The van der Waals surface area contributed by atoms with Crippen molar-refractivity contribution >= 4 is 11.9 Å². The maximum Gasteiger partial charge on any atom is 0.325 e. The van der Waals surface area contributed by atoms with E-state index in [1.165, 1.54) is 12.0 Å². The predicted octanol–water partition coefficient (Wildman–Crippen LogP) is -0.334. The number of hydrogen-bond donors (Lipinski definition) is 1. The number of amides is 3. The van der Waals surface area contributed by atoms with Crippen LogP contribution < -0.4 is 5.32 Å². The van der Waals surface area contributed by atoms with Crippen LogP contribution in [-0.2, 0) is 14.3 Å². The van der Waals surface area contributed by atoms with Gasteiger partial charge in [-0.1, -0.05) is 0 Å². The van der Waals surface area contributed by atoms with Crippen molar-refractivity contribution in [3.05, 3.63) is 0 Å². The summed E-state index contributed by atoms with van der Waals surface area (Å²) in [5.41, 5.74) is -0.926. The largest absolute Gasteiger partial charge is 0.382 e. The van der Waals surface area contributed by atoms with Crippen molar-refractivity contribution in [2.45, 2.75) is 18.9 Å². The second-order valence-electron chi connectivity index (χ2n) is 5.46. The van der Waals surface area contributed by atoms with Crippen molar-refractivity contribution in [2.24, 2.45) is 0 Å². The van der Waals surface area contributed by atoms with Crippen LogP contribution in [0.5, 0.6) is 0 Å². The molecule has 0 aromatic carbocycles. The number of carbonyl (C=O) groups excluding carboxylic acids is 2. The Labute approximate surface area is 119 Å². The summed E-state index contributed by atoms with van der Waals surface area (Å²) in [6.07, 6.45) is 0.780. The van der Waals surface area contributed by atoms with Crippen molar-refractivity contribution in [1.82, 2.24) is 15.1 Å². The van der Waals surface area contributed by atoms with Gasteiger partial charge in [0.1, 0.15) is 5.54 Å². The summed E-state index contributed by atoms with van der Waals surface area (Å²) in [7, 11) is 1.52. The highest BCUT2D eigenvalue weighted by molar-refractivity contribution is 6.06. The van der Waals surface area contributed by atoms with Gasteiger partial charge in [-0.25, -0.2) is 4.79 Å². The molecular formula is C13H23N3O4. The highest BCUT2D eigenvalue weighted by Gasteiger charge is 2.47. The Bertz CT molecular complexity index is 371. The van der Waals surface area contributed by atoms with Crippen LogP contribution in [0.2, 0.25) is 0 Å². The number of carbonyl (C=O) groups is 2. The third kappa shape index (κ3) is 3.28. The first-order valence-corrected chi connectivity index (χ1v) is 7.00. The summed E-state index contributed by atoms with van der Waals surface area (Å²) in [6, 6.07) is -0.323. The van der Waals surface area contributed by atoms with Gasteiger partial charge in [0.2, 0.25) is 0 Å². The van der Waals surface area contributed by atoms with E-state index in [2.05, 4.69) is 10.2 Å². The zero-order valence-corrected chi connectivity index (χ0v) is 12.2. The lowest BCUT2D eigenvalue weighted by Gasteiger charge is -2.27. The van der Waals surface area contributed by atoms with Crippen LogP contribution in [0.25, 0.3) is 0 Å². The van der Waals surface area contributed by atoms with Crippen LogP contribution in [0.15, 0.2) is 0 Å². The zero-order valence-electron chi connectivity index (χ0n) is 12.2. The first-order chi connectivity index (χ1) is 9.57. The molecule has 3 amide bonds. The van der Waals surface area contributed by atoms with Crippen molar-refractivity contribution in [3.8, 4) is 0 Å². The van der Waals surface area contributed by atoms with Gasteiger partial charge in [0.05, 0.1) is 19.8 Å². The maximum atomic E-state index is 12.2. The van der Waals surface area contributed by atoms with E-state index in [4.69, 9.17) is 9.47 Å². The molecular weight excluding hydrogens is 262 g/mol. The Kier molecular flexibility index (Phi) is 4.95. The van der Waals surface area contributed by atoms with Crippen molar-refractivity contribution in [1.29, 1.82) is 0 Å². The Morgan fingerprint density at radius 1 is 1.30 bits per heavy atom. The SMILES string of the molecule is COCC1(C)NC(=O)N(CCCN2CCOCC2)C1=O. The van der Waals surface area contributed by atoms with Crippen LogP contribution in [-0.4, -0.2) is 80.4 Å². The van der Waals surface area contributed by atoms with Gasteiger partial charge in [-0.2, -0.15) is 0 Å². The van der Waals surface area contributed by atoms with Crippen LogP contribution >= 0.6 is 0 Å². The number of ether oxygens (including phenoxy) is 2. The van der Waals surface area contributed by atoms with E-state index >= 15 is 0 Å². The van der Waals surface area contributed by atoms with Crippen molar-refractivity contribution in [2.75, 3.05) is 53.1 Å². The Morgan fingerprint density at radius 3 is 2.65 bits per heavy atom. The summed E-state index contributed by atoms with van der Waals surface area (Å²) in [4.78, 5) is 27.7. The minimum absolute atomic E-state index is 0.192. The highest BCUT2D eigenvalue weighted by Crippen LogP contribution is 2.18. The molecule has 2 fully saturated rings. The quantitative estimate of drug-likeness (QED) is 0.676. The molecule has 7 heteroatoms. The molecule has 0 radical (unpaired) electrons. The normalized spacial score (nSPS) is 28.0. The smallest absolute Gasteiger partial charge is 0.325 e. The van der Waals surface area contributed by atoms with E-state index in [1.54, 1.807) is 6.92 Å². The van der Waals surface area contributed by atoms with Gasteiger partial charge < -0.3 is 14.8 Å². The van der Waals surface area contributed by atoms with Gasteiger partial charge in [0.25, 0.3) is 5.91 Å². The minimum Gasteiger partial charge on any atom is -0.382 e. The molecule has 114 valence electrons. The van der Waals surface area contributed by atoms with E-state index in [0.717, 1.165) is 39.3 Å². The molecule has 1 atom stereocenters. The summed E-state index contributed by atoms with van der Waals surface area (Å²) in [5, 5.41) is 2.70. The molecule has 1 unspecified atom stereocenters. The van der Waals surface area contributed by atoms with Crippen molar-refractivity contribution < 1.29 is 19.1 Å². The standard InChI is InChI=1S/C13H23N3O4/c1-13(10-19-2)11(17)16(12(18)14-13)5-3-4-15-6-8-20-9-7-15/h3-10H2,1-2H3,(H,14,18). The fourth-order valence-corrected chi connectivity index (χ4v) is 2.61. The molecule has 0 spiro atoms. The summed E-state index contributed by atoms with van der Waals surface area (Å²) < 4.78 is 10.3. The Hall–Kier alpha value is -1.18. The minimum atomic E-state index is -0.926. The summed E-state index contributed by atoms with van der Waals surface area (Å²) in [5.74, 6) is -0.202. The number of urea groups is 1. The molecule has 0 aromatic rings. The third-order valence-corrected chi connectivity index (χ3v) is 3.74. The van der Waals surface area contributed by atoms with Crippen molar-refractivity contribution in [3.63, 3.8) is 0 Å². The number of morpholine rings is 1. The first kappa shape index (κ1) is 15.2. The van der Waals surface area contributed by atoms with E-state index < -0.39 is 5.54 Å². The lowest BCUT2D eigenvalue weighted by molar-refractivity contribution is -0.132. The van der Waals surface area contributed by atoms with Crippen LogP contribution in [0.1, 0.15) is 13.3 Å². The maximum absolute atomic E-state index is 12.2. The molecule has 2 saturated heterocycles. The summed E-state index contributed by atoms with van der Waals surface area (Å²) >= 11 is 0. The number of nitrogens with zero attached hydrogens (tertiary/aromatic N) is 2. The van der Waals surface area contributed by atoms with Gasteiger partial charge in [-0.3, -0.25) is 14.6 Å². The molecule has 0 aliphatic carbocycles. The van der Waals surface area contributed by atoms with Gasteiger partial charge in [-0.05, 0) is 13.3 Å². The molecule has 2 rings (SSSR count). The molecule has 7 nitrogen and oxygen atoms in total. The average Bonchev–Trinajstić information content (AvgIpc) is 2.63. The highest BCUT2D eigenvalue weighted by atomic mass is 16.5. The van der Waals surface area contributed by atoms with Gasteiger partial charge in [0.15, 0.2) is 0 Å². The number of imide groups is 1.